The Kier molecular flexibility index (Phi) is 7.45. The summed E-state index contributed by atoms with van der Waals surface area (Å²) in [6.45, 7) is 3.44. The summed E-state index contributed by atoms with van der Waals surface area (Å²) < 4.78 is 32.6. The van der Waals surface area contributed by atoms with Crippen LogP contribution < -0.4 is 10.1 Å². The van der Waals surface area contributed by atoms with Crippen molar-refractivity contribution >= 4 is 27.7 Å². The number of amides is 1. The molecule has 2 aromatic rings. The van der Waals surface area contributed by atoms with Gasteiger partial charge in [0.05, 0.1) is 11.5 Å². The third-order valence-corrected chi connectivity index (χ3v) is 6.81. The first kappa shape index (κ1) is 22.5. The van der Waals surface area contributed by atoms with Crippen LogP contribution in [0, 0.1) is 11.3 Å². The first-order valence-electron chi connectivity index (χ1n) is 10.2. The molecular formula is C23H25N3O4S. The average molecular weight is 440 g/mol. The summed E-state index contributed by atoms with van der Waals surface area (Å²) in [5.41, 5.74) is 0.904. The van der Waals surface area contributed by atoms with Crippen LogP contribution in [0.5, 0.6) is 5.75 Å². The molecule has 0 aromatic heterocycles. The number of carbonyl (C=O) groups excluding carboxylic acids is 1. The number of anilines is 1. The normalized spacial score (nSPS) is 15.2. The van der Waals surface area contributed by atoms with E-state index >= 15 is 0 Å². The quantitative estimate of drug-likeness (QED) is 0.522. The summed E-state index contributed by atoms with van der Waals surface area (Å²) in [7, 11) is -3.61. The number of nitrogens with zero attached hydrogens (tertiary/aromatic N) is 2. The molecule has 1 aliphatic rings. The SMILES string of the molecule is CCOc1ccc(/C=C(\C#N)C(=O)Nc2cccc(S(=O)(=O)N3CCCCC3)c2)cc1. The fraction of sp³-hybridized carbons (Fsp3) is 0.304. The lowest BCUT2D eigenvalue weighted by atomic mass is 10.1. The van der Waals surface area contributed by atoms with E-state index in [9.17, 15) is 18.5 Å². The smallest absolute Gasteiger partial charge is 0.266 e. The Morgan fingerprint density at radius 1 is 1.16 bits per heavy atom. The maximum atomic E-state index is 12.9. The first-order valence-corrected chi connectivity index (χ1v) is 11.6. The highest BCUT2D eigenvalue weighted by atomic mass is 32.2. The molecule has 0 bridgehead atoms. The largest absolute Gasteiger partial charge is 0.494 e. The van der Waals surface area contributed by atoms with Crippen LogP contribution in [0.2, 0.25) is 0 Å². The van der Waals surface area contributed by atoms with Gasteiger partial charge in [-0.2, -0.15) is 9.57 Å². The van der Waals surface area contributed by atoms with Gasteiger partial charge in [0.2, 0.25) is 10.0 Å². The number of nitriles is 1. The Labute approximate surface area is 183 Å². The van der Waals surface area contributed by atoms with Gasteiger partial charge in [-0.15, -0.1) is 0 Å². The van der Waals surface area contributed by atoms with Crippen molar-refractivity contribution in [3.8, 4) is 11.8 Å². The van der Waals surface area contributed by atoms with Gasteiger partial charge in [0.15, 0.2) is 0 Å². The molecule has 1 fully saturated rings. The minimum Gasteiger partial charge on any atom is -0.494 e. The van der Waals surface area contributed by atoms with Gasteiger partial charge in [-0.1, -0.05) is 24.6 Å². The van der Waals surface area contributed by atoms with E-state index in [0.717, 1.165) is 19.3 Å². The number of benzene rings is 2. The molecule has 7 nitrogen and oxygen atoms in total. The summed E-state index contributed by atoms with van der Waals surface area (Å²) in [6.07, 6.45) is 4.19. The third kappa shape index (κ3) is 5.72. The minimum absolute atomic E-state index is 0.0894. The Hall–Kier alpha value is -3.15. The lowest BCUT2D eigenvalue weighted by molar-refractivity contribution is -0.112. The molecule has 3 rings (SSSR count). The minimum atomic E-state index is -3.61. The van der Waals surface area contributed by atoms with Crippen LogP contribution in [-0.4, -0.2) is 38.3 Å². The highest BCUT2D eigenvalue weighted by Gasteiger charge is 2.26. The number of hydrogen-bond acceptors (Lipinski definition) is 5. The number of carbonyl (C=O) groups is 1. The molecule has 1 saturated heterocycles. The van der Waals surface area contributed by atoms with Crippen molar-refractivity contribution in [1.29, 1.82) is 5.26 Å². The van der Waals surface area contributed by atoms with Crippen molar-refractivity contribution in [2.45, 2.75) is 31.1 Å². The van der Waals surface area contributed by atoms with Crippen LogP contribution >= 0.6 is 0 Å². The molecule has 8 heteroatoms. The molecule has 162 valence electrons. The third-order valence-electron chi connectivity index (χ3n) is 4.91. The number of ether oxygens (including phenoxy) is 1. The van der Waals surface area contributed by atoms with Crippen molar-refractivity contribution in [2.75, 3.05) is 25.0 Å². The van der Waals surface area contributed by atoms with Gasteiger partial charge in [-0.25, -0.2) is 8.42 Å². The second-order valence-corrected chi connectivity index (χ2v) is 9.06. The van der Waals surface area contributed by atoms with E-state index in [1.165, 1.54) is 22.5 Å². The number of rotatable bonds is 7. The summed E-state index contributed by atoms with van der Waals surface area (Å²) in [4.78, 5) is 12.7. The molecule has 31 heavy (non-hydrogen) atoms. The standard InChI is InChI=1S/C23H25N3O4S/c1-2-30-21-11-9-18(10-12-21)15-19(17-24)23(27)25-20-7-6-8-22(16-20)31(28,29)26-13-4-3-5-14-26/h6-12,15-16H,2-5,13-14H2,1H3,(H,25,27)/b19-15+. The van der Waals surface area contributed by atoms with Crippen molar-refractivity contribution < 1.29 is 17.9 Å². The van der Waals surface area contributed by atoms with Crippen molar-refractivity contribution in [3.63, 3.8) is 0 Å². The van der Waals surface area contributed by atoms with Crippen LogP contribution in [0.4, 0.5) is 5.69 Å². The number of piperidine rings is 1. The zero-order valence-electron chi connectivity index (χ0n) is 17.4. The fourth-order valence-corrected chi connectivity index (χ4v) is 4.89. The number of nitrogens with one attached hydrogen (secondary N) is 1. The van der Waals surface area contributed by atoms with Crippen LogP contribution in [0.25, 0.3) is 6.08 Å². The molecule has 1 heterocycles. The maximum Gasteiger partial charge on any atom is 0.266 e. The van der Waals surface area contributed by atoms with Gasteiger partial charge in [0, 0.05) is 18.8 Å². The predicted molar refractivity (Wildman–Crippen MR) is 119 cm³/mol. The lowest BCUT2D eigenvalue weighted by Crippen LogP contribution is -2.35. The topological polar surface area (TPSA) is 99.5 Å². The van der Waals surface area contributed by atoms with Crippen LogP contribution in [-0.2, 0) is 14.8 Å². The summed E-state index contributed by atoms with van der Waals surface area (Å²) in [5, 5.41) is 12.0. The summed E-state index contributed by atoms with van der Waals surface area (Å²) >= 11 is 0. The number of hydrogen-bond donors (Lipinski definition) is 1. The number of sulfonamides is 1. The lowest BCUT2D eigenvalue weighted by Gasteiger charge is -2.26. The maximum absolute atomic E-state index is 12.9. The predicted octanol–water partition coefficient (Wildman–Crippen LogP) is 3.81. The Morgan fingerprint density at radius 3 is 2.52 bits per heavy atom. The fourth-order valence-electron chi connectivity index (χ4n) is 3.33. The molecule has 2 aromatic carbocycles. The Morgan fingerprint density at radius 2 is 1.87 bits per heavy atom. The van der Waals surface area contributed by atoms with E-state index in [0.29, 0.717) is 36.7 Å². The van der Waals surface area contributed by atoms with E-state index in [4.69, 9.17) is 4.74 Å². The van der Waals surface area contributed by atoms with E-state index in [2.05, 4.69) is 5.32 Å². The molecule has 1 N–H and O–H groups in total. The van der Waals surface area contributed by atoms with Gasteiger partial charge in [-0.05, 0) is 61.7 Å². The van der Waals surface area contributed by atoms with E-state index in [-0.39, 0.29) is 10.5 Å². The van der Waals surface area contributed by atoms with E-state index < -0.39 is 15.9 Å². The van der Waals surface area contributed by atoms with E-state index in [1.807, 2.05) is 13.0 Å². The van der Waals surface area contributed by atoms with Crippen molar-refractivity contribution in [2.24, 2.45) is 0 Å². The molecule has 0 spiro atoms. The van der Waals surface area contributed by atoms with Crippen molar-refractivity contribution in [3.05, 3.63) is 59.7 Å². The zero-order chi connectivity index (χ0) is 22.3. The second-order valence-electron chi connectivity index (χ2n) is 7.12. The highest BCUT2D eigenvalue weighted by molar-refractivity contribution is 7.89. The second kappa shape index (κ2) is 10.2. The van der Waals surface area contributed by atoms with Crippen LogP contribution in [0.15, 0.2) is 59.0 Å². The van der Waals surface area contributed by atoms with Gasteiger partial charge in [-0.3, -0.25) is 4.79 Å². The van der Waals surface area contributed by atoms with Crippen molar-refractivity contribution in [1.82, 2.24) is 4.31 Å². The average Bonchev–Trinajstić information content (AvgIpc) is 2.79. The molecule has 1 aliphatic heterocycles. The van der Waals surface area contributed by atoms with Gasteiger partial charge >= 0.3 is 0 Å². The summed E-state index contributed by atoms with van der Waals surface area (Å²) in [6, 6.07) is 15.0. The molecule has 0 atom stereocenters. The van der Waals surface area contributed by atoms with Gasteiger partial charge in [0.25, 0.3) is 5.91 Å². The highest BCUT2D eigenvalue weighted by Crippen LogP contribution is 2.23. The molecule has 0 radical (unpaired) electrons. The van der Waals surface area contributed by atoms with Gasteiger partial charge < -0.3 is 10.1 Å². The molecular weight excluding hydrogens is 414 g/mol. The molecule has 0 unspecified atom stereocenters. The molecule has 1 amide bonds. The Balaban J connectivity index is 1.76. The summed E-state index contributed by atoms with van der Waals surface area (Å²) in [5.74, 6) is 0.0956. The zero-order valence-corrected chi connectivity index (χ0v) is 18.2. The van der Waals surface area contributed by atoms with Gasteiger partial charge in [0.1, 0.15) is 17.4 Å². The first-order chi connectivity index (χ1) is 14.9. The van der Waals surface area contributed by atoms with Crippen LogP contribution in [0.1, 0.15) is 31.7 Å². The Bertz CT molecular complexity index is 1100. The monoisotopic (exact) mass is 439 g/mol. The molecule has 0 saturated carbocycles. The van der Waals surface area contributed by atoms with E-state index in [1.54, 1.807) is 36.4 Å². The van der Waals surface area contributed by atoms with Crippen LogP contribution in [0.3, 0.4) is 0 Å². The molecule has 0 aliphatic carbocycles.